The highest BCUT2D eigenvalue weighted by molar-refractivity contribution is 7.91. The van der Waals surface area contributed by atoms with E-state index in [1.165, 1.54) is 12.1 Å². The van der Waals surface area contributed by atoms with Crippen molar-refractivity contribution in [1.82, 2.24) is 0 Å². The normalized spacial score (nSPS) is 14.0. The average Bonchev–Trinajstić information content (AvgIpc) is 2.73. The molecule has 1 amide bonds. The molecule has 0 saturated heterocycles. The first-order chi connectivity index (χ1) is 10.0. The number of amides is 1. The van der Waals surface area contributed by atoms with Crippen LogP contribution < -0.4 is 4.90 Å². The third-order valence-electron chi connectivity index (χ3n) is 3.73. The maximum absolute atomic E-state index is 12.4. The van der Waals surface area contributed by atoms with Crippen molar-refractivity contribution in [3.63, 3.8) is 0 Å². The standard InChI is InChI=1S/C16H15NO3S/c1-3-10-21(19,20)14-9-8-12-15-11(14)6-5-7-13(15)17(4-2)16(12)18/h3,5-9H,1,4,10H2,2H3. The molecule has 0 radical (unpaired) electrons. The van der Waals surface area contributed by atoms with E-state index in [0.29, 0.717) is 17.5 Å². The second-order valence-electron chi connectivity index (χ2n) is 4.93. The number of carbonyl (C=O) groups is 1. The van der Waals surface area contributed by atoms with E-state index in [1.54, 1.807) is 23.1 Å². The van der Waals surface area contributed by atoms with Crippen LogP contribution in [0.2, 0.25) is 0 Å². The lowest BCUT2D eigenvalue weighted by Gasteiger charge is -2.14. The van der Waals surface area contributed by atoms with Crippen LogP contribution in [0.25, 0.3) is 10.8 Å². The summed E-state index contributed by atoms with van der Waals surface area (Å²) in [5.41, 5.74) is 1.35. The maximum Gasteiger partial charge on any atom is 0.258 e. The zero-order valence-corrected chi connectivity index (χ0v) is 12.5. The molecule has 0 aromatic heterocycles. The topological polar surface area (TPSA) is 54.5 Å². The predicted octanol–water partition coefficient (Wildman–Crippen LogP) is 2.78. The summed E-state index contributed by atoms with van der Waals surface area (Å²) >= 11 is 0. The summed E-state index contributed by atoms with van der Waals surface area (Å²) in [5.74, 6) is -0.187. The zero-order chi connectivity index (χ0) is 15.2. The Hall–Kier alpha value is -2.14. The first-order valence-corrected chi connectivity index (χ1v) is 8.37. The smallest absolute Gasteiger partial charge is 0.258 e. The number of carbonyl (C=O) groups excluding carboxylic acids is 1. The number of sulfone groups is 1. The van der Waals surface area contributed by atoms with Crippen LogP contribution >= 0.6 is 0 Å². The molecule has 5 heteroatoms. The Balaban J connectivity index is 2.38. The summed E-state index contributed by atoms with van der Waals surface area (Å²) in [6.07, 6.45) is 1.38. The molecule has 0 spiro atoms. The first-order valence-electron chi connectivity index (χ1n) is 6.72. The van der Waals surface area contributed by atoms with Gasteiger partial charge in [0.1, 0.15) is 0 Å². The van der Waals surface area contributed by atoms with Crippen molar-refractivity contribution < 1.29 is 13.2 Å². The van der Waals surface area contributed by atoms with Gasteiger partial charge in [0.05, 0.1) is 16.3 Å². The van der Waals surface area contributed by atoms with Crippen molar-refractivity contribution in [3.05, 3.63) is 48.6 Å². The quantitative estimate of drug-likeness (QED) is 0.816. The number of rotatable bonds is 4. The molecule has 1 aliphatic heterocycles. The molecule has 0 aliphatic carbocycles. The van der Waals surface area contributed by atoms with E-state index in [9.17, 15) is 13.2 Å². The molecular weight excluding hydrogens is 286 g/mol. The minimum Gasteiger partial charge on any atom is -0.308 e. The van der Waals surface area contributed by atoms with E-state index in [1.807, 2.05) is 13.0 Å². The van der Waals surface area contributed by atoms with Crippen molar-refractivity contribution in [3.8, 4) is 0 Å². The van der Waals surface area contributed by atoms with E-state index < -0.39 is 9.84 Å². The third-order valence-corrected chi connectivity index (χ3v) is 5.43. The number of hydrogen-bond donors (Lipinski definition) is 0. The lowest BCUT2D eigenvalue weighted by Crippen LogP contribution is -2.25. The number of nitrogens with zero attached hydrogens (tertiary/aromatic N) is 1. The van der Waals surface area contributed by atoms with Crippen LogP contribution in [0.1, 0.15) is 17.3 Å². The van der Waals surface area contributed by atoms with Gasteiger partial charge in [0.2, 0.25) is 0 Å². The summed E-state index contributed by atoms with van der Waals surface area (Å²) < 4.78 is 24.7. The third kappa shape index (κ3) is 1.88. The van der Waals surface area contributed by atoms with Gasteiger partial charge in [-0.2, -0.15) is 0 Å². The van der Waals surface area contributed by atoms with Crippen LogP contribution in [0.15, 0.2) is 47.9 Å². The summed E-state index contributed by atoms with van der Waals surface area (Å²) in [6, 6.07) is 8.53. The molecule has 1 heterocycles. The fourth-order valence-electron chi connectivity index (χ4n) is 2.85. The SMILES string of the molecule is C=CCS(=O)(=O)c1ccc2c3c(cccc13)N(CC)C2=O. The highest BCUT2D eigenvalue weighted by Gasteiger charge is 2.30. The Bertz CT molecular complexity index is 868. The van der Waals surface area contributed by atoms with Gasteiger partial charge in [0.25, 0.3) is 5.91 Å². The number of anilines is 1. The summed E-state index contributed by atoms with van der Waals surface area (Å²) in [4.78, 5) is 14.3. The summed E-state index contributed by atoms with van der Waals surface area (Å²) in [7, 11) is -3.43. The molecule has 2 aromatic carbocycles. The first kappa shape index (κ1) is 13.8. The molecule has 0 N–H and O–H groups in total. The molecule has 0 unspecified atom stereocenters. The minimum absolute atomic E-state index is 0.0728. The van der Waals surface area contributed by atoms with Crippen LogP contribution in [-0.2, 0) is 9.84 Å². The van der Waals surface area contributed by atoms with E-state index in [4.69, 9.17) is 0 Å². The maximum atomic E-state index is 12.4. The number of benzene rings is 2. The van der Waals surface area contributed by atoms with Crippen LogP contribution in [-0.4, -0.2) is 26.6 Å². The summed E-state index contributed by atoms with van der Waals surface area (Å²) in [5, 5.41) is 1.34. The van der Waals surface area contributed by atoms with E-state index >= 15 is 0 Å². The van der Waals surface area contributed by atoms with E-state index in [0.717, 1.165) is 11.1 Å². The zero-order valence-electron chi connectivity index (χ0n) is 11.7. The Kier molecular flexibility index (Phi) is 3.10. The van der Waals surface area contributed by atoms with Crippen molar-refractivity contribution in [2.24, 2.45) is 0 Å². The van der Waals surface area contributed by atoms with Crippen LogP contribution in [0.3, 0.4) is 0 Å². The Labute approximate surface area is 123 Å². The molecule has 0 fully saturated rings. The van der Waals surface area contributed by atoms with Crippen LogP contribution in [0.4, 0.5) is 5.69 Å². The monoisotopic (exact) mass is 301 g/mol. The lowest BCUT2D eigenvalue weighted by molar-refractivity contribution is 0.0994. The highest BCUT2D eigenvalue weighted by Crippen LogP contribution is 2.39. The molecule has 0 saturated carbocycles. The van der Waals surface area contributed by atoms with Gasteiger partial charge in [-0.05, 0) is 25.1 Å². The molecule has 21 heavy (non-hydrogen) atoms. The van der Waals surface area contributed by atoms with Crippen molar-refractivity contribution in [2.75, 3.05) is 17.2 Å². The van der Waals surface area contributed by atoms with E-state index in [-0.39, 0.29) is 16.6 Å². The van der Waals surface area contributed by atoms with Gasteiger partial charge in [0, 0.05) is 22.9 Å². The molecule has 3 rings (SSSR count). The fraction of sp³-hybridized carbons (Fsp3) is 0.188. The molecule has 2 aromatic rings. The summed E-state index contributed by atoms with van der Waals surface area (Å²) in [6.45, 7) is 5.95. The molecule has 108 valence electrons. The highest BCUT2D eigenvalue weighted by atomic mass is 32.2. The Morgan fingerprint density at radius 3 is 2.67 bits per heavy atom. The van der Waals surface area contributed by atoms with Crippen molar-refractivity contribution in [2.45, 2.75) is 11.8 Å². The van der Waals surface area contributed by atoms with Gasteiger partial charge < -0.3 is 4.90 Å². The molecule has 0 bridgehead atoms. The van der Waals surface area contributed by atoms with E-state index in [2.05, 4.69) is 6.58 Å². The van der Waals surface area contributed by atoms with Gasteiger partial charge in [-0.25, -0.2) is 8.42 Å². The van der Waals surface area contributed by atoms with Crippen LogP contribution in [0, 0.1) is 0 Å². The predicted molar refractivity (Wildman–Crippen MR) is 83.5 cm³/mol. The van der Waals surface area contributed by atoms with Gasteiger partial charge in [-0.15, -0.1) is 6.58 Å². The second kappa shape index (κ2) is 4.70. The van der Waals surface area contributed by atoms with Gasteiger partial charge in [-0.3, -0.25) is 4.79 Å². The molecule has 1 aliphatic rings. The Morgan fingerprint density at radius 2 is 2.00 bits per heavy atom. The Morgan fingerprint density at radius 1 is 1.24 bits per heavy atom. The van der Waals surface area contributed by atoms with Gasteiger partial charge in [0.15, 0.2) is 9.84 Å². The average molecular weight is 301 g/mol. The lowest BCUT2D eigenvalue weighted by atomic mass is 10.1. The minimum atomic E-state index is -3.43. The fourth-order valence-corrected chi connectivity index (χ4v) is 4.12. The van der Waals surface area contributed by atoms with Crippen molar-refractivity contribution in [1.29, 1.82) is 0 Å². The van der Waals surface area contributed by atoms with Gasteiger partial charge in [-0.1, -0.05) is 18.2 Å². The van der Waals surface area contributed by atoms with Gasteiger partial charge >= 0.3 is 0 Å². The molecule has 0 atom stereocenters. The van der Waals surface area contributed by atoms with Crippen LogP contribution in [0.5, 0.6) is 0 Å². The largest absolute Gasteiger partial charge is 0.308 e. The number of hydrogen-bond acceptors (Lipinski definition) is 3. The molecular formula is C16H15NO3S. The molecule has 4 nitrogen and oxygen atoms in total. The van der Waals surface area contributed by atoms with Crippen molar-refractivity contribution >= 4 is 32.2 Å². The second-order valence-corrected chi connectivity index (χ2v) is 6.93.